The predicted molar refractivity (Wildman–Crippen MR) is 144 cm³/mol. The fourth-order valence-corrected chi connectivity index (χ4v) is 5.64. The number of likely N-dealkylation sites (tertiary alicyclic amines) is 1. The third-order valence-corrected chi connectivity index (χ3v) is 7.85. The lowest BCUT2D eigenvalue weighted by atomic mass is 9.85. The molecule has 0 radical (unpaired) electrons. The van der Waals surface area contributed by atoms with E-state index in [1.165, 1.54) is 19.3 Å². The molecular weight excluding hydrogens is 482 g/mol. The van der Waals surface area contributed by atoms with Crippen LogP contribution in [0, 0.1) is 0 Å². The van der Waals surface area contributed by atoms with Crippen LogP contribution in [-0.2, 0) is 21.0 Å². The highest BCUT2D eigenvalue weighted by atomic mass is 16.7. The van der Waals surface area contributed by atoms with E-state index in [0.29, 0.717) is 42.4 Å². The van der Waals surface area contributed by atoms with Crippen LogP contribution in [0.5, 0.6) is 17.2 Å². The maximum absolute atomic E-state index is 12.2. The molecule has 3 aliphatic rings. The van der Waals surface area contributed by atoms with Gasteiger partial charge in [-0.2, -0.15) is 0 Å². The first-order chi connectivity index (χ1) is 18.5. The maximum atomic E-state index is 12.2. The Hall–Kier alpha value is -3.10. The van der Waals surface area contributed by atoms with Crippen LogP contribution in [0.25, 0.3) is 11.1 Å². The monoisotopic (exact) mass is 517 g/mol. The molecule has 2 saturated heterocycles. The van der Waals surface area contributed by atoms with Gasteiger partial charge in [-0.25, -0.2) is 0 Å². The third kappa shape index (κ3) is 4.64. The Balaban J connectivity index is 1.32. The summed E-state index contributed by atoms with van der Waals surface area (Å²) in [7, 11) is 1.61. The number of ether oxygens (including phenoxy) is 5. The van der Waals surface area contributed by atoms with Gasteiger partial charge in [0.25, 0.3) is 5.79 Å². The molecule has 7 heteroatoms. The largest absolute Gasteiger partial charge is 0.497 e. The molecule has 3 aromatic carbocycles. The zero-order valence-corrected chi connectivity index (χ0v) is 22.1. The van der Waals surface area contributed by atoms with Crippen LogP contribution in [0.3, 0.4) is 0 Å². The summed E-state index contributed by atoms with van der Waals surface area (Å²) >= 11 is 0. The van der Waals surface area contributed by atoms with Crippen molar-refractivity contribution in [3.05, 3.63) is 77.4 Å². The van der Waals surface area contributed by atoms with Gasteiger partial charge >= 0.3 is 0 Å². The molecule has 0 saturated carbocycles. The lowest BCUT2D eigenvalue weighted by molar-refractivity contribution is -0.150. The second-order valence-electron chi connectivity index (χ2n) is 10.3. The van der Waals surface area contributed by atoms with E-state index in [1.54, 1.807) is 13.2 Å². The number of hydrogen-bond donors (Lipinski definition) is 1. The summed E-state index contributed by atoms with van der Waals surface area (Å²) in [4.78, 5) is 2.45. The molecule has 200 valence electrons. The smallest absolute Gasteiger partial charge is 0.262 e. The average molecular weight is 518 g/mol. The minimum Gasteiger partial charge on any atom is -0.497 e. The molecule has 3 heterocycles. The first-order valence-electron chi connectivity index (χ1n) is 13.5. The van der Waals surface area contributed by atoms with Crippen molar-refractivity contribution >= 4 is 0 Å². The van der Waals surface area contributed by atoms with E-state index in [1.807, 2.05) is 61.5 Å². The second-order valence-corrected chi connectivity index (χ2v) is 10.3. The minimum atomic E-state index is -1.73. The molecular formula is C31H35NO6. The number of piperidine rings is 1. The molecule has 2 fully saturated rings. The van der Waals surface area contributed by atoms with Crippen LogP contribution in [0.4, 0.5) is 0 Å². The Morgan fingerprint density at radius 2 is 1.53 bits per heavy atom. The summed E-state index contributed by atoms with van der Waals surface area (Å²) in [5.41, 5.74) is 3.82. The van der Waals surface area contributed by atoms with Gasteiger partial charge in [0.2, 0.25) is 0 Å². The number of fused-ring (bicyclic) bond motifs is 3. The standard InChI is InChI=1S/C31H35NO6/c1-30(36-18-19-37-30)23-8-12-26-27-13-11-25(34-2)21-29(27)38-31(33,28(26)20-23)22-6-9-24(10-7-22)35-17-16-32-14-4-3-5-15-32/h6-13,20-21,33H,3-5,14-19H2,1-2H3. The molecule has 7 nitrogen and oxygen atoms in total. The molecule has 1 N–H and O–H groups in total. The van der Waals surface area contributed by atoms with E-state index >= 15 is 0 Å². The molecule has 1 atom stereocenters. The van der Waals surface area contributed by atoms with Gasteiger partial charge in [-0.3, -0.25) is 4.90 Å². The molecule has 0 spiro atoms. The minimum absolute atomic E-state index is 0.524. The van der Waals surface area contributed by atoms with Crippen molar-refractivity contribution in [3.8, 4) is 28.4 Å². The molecule has 0 aromatic heterocycles. The van der Waals surface area contributed by atoms with Crippen LogP contribution in [-0.4, -0.2) is 56.6 Å². The SMILES string of the molecule is COc1ccc2c(c1)OC(O)(c1ccc(OCCN3CCCCC3)cc1)c1cc(C3(C)OCCO3)ccc1-2. The van der Waals surface area contributed by atoms with Crippen LogP contribution in [0.1, 0.15) is 42.9 Å². The van der Waals surface area contributed by atoms with Gasteiger partial charge < -0.3 is 28.8 Å². The Labute approximate surface area is 223 Å². The van der Waals surface area contributed by atoms with Crippen molar-refractivity contribution in [1.82, 2.24) is 4.90 Å². The van der Waals surface area contributed by atoms with Gasteiger partial charge in [-0.05, 0) is 80.9 Å². The molecule has 0 aliphatic carbocycles. The number of aliphatic hydroxyl groups is 1. The zero-order chi connectivity index (χ0) is 26.2. The topological polar surface area (TPSA) is 69.6 Å². The summed E-state index contributed by atoms with van der Waals surface area (Å²) in [5, 5.41) is 12.2. The van der Waals surface area contributed by atoms with Gasteiger partial charge in [0.15, 0.2) is 5.79 Å². The van der Waals surface area contributed by atoms with E-state index in [0.717, 1.165) is 42.1 Å². The second kappa shape index (κ2) is 10.2. The van der Waals surface area contributed by atoms with Crippen LogP contribution < -0.4 is 14.2 Å². The fourth-order valence-electron chi connectivity index (χ4n) is 5.64. The fraction of sp³-hybridized carbons (Fsp3) is 0.419. The Morgan fingerprint density at radius 3 is 2.26 bits per heavy atom. The average Bonchev–Trinajstić information content (AvgIpc) is 3.41. The van der Waals surface area contributed by atoms with E-state index in [9.17, 15) is 5.11 Å². The number of nitrogens with zero attached hydrogens (tertiary/aromatic N) is 1. The summed E-state index contributed by atoms with van der Waals surface area (Å²) in [5.74, 6) is -0.632. The first kappa shape index (κ1) is 25.2. The van der Waals surface area contributed by atoms with Crippen molar-refractivity contribution in [3.63, 3.8) is 0 Å². The van der Waals surface area contributed by atoms with Gasteiger partial charge in [0, 0.05) is 34.9 Å². The lowest BCUT2D eigenvalue weighted by Crippen LogP contribution is -2.38. The van der Waals surface area contributed by atoms with Gasteiger partial charge in [-0.15, -0.1) is 0 Å². The van der Waals surface area contributed by atoms with Crippen LogP contribution in [0.15, 0.2) is 60.7 Å². The summed E-state index contributed by atoms with van der Waals surface area (Å²) in [6.07, 6.45) is 3.86. The summed E-state index contributed by atoms with van der Waals surface area (Å²) in [6, 6.07) is 19.1. The Bertz CT molecular complexity index is 1280. The molecule has 3 aliphatic heterocycles. The zero-order valence-electron chi connectivity index (χ0n) is 22.1. The quantitative estimate of drug-likeness (QED) is 0.471. The van der Waals surface area contributed by atoms with Crippen LogP contribution in [0.2, 0.25) is 0 Å². The number of rotatable bonds is 7. The Kier molecular flexibility index (Phi) is 6.78. The lowest BCUT2D eigenvalue weighted by Gasteiger charge is -2.37. The third-order valence-electron chi connectivity index (χ3n) is 7.85. The highest BCUT2D eigenvalue weighted by Gasteiger charge is 2.43. The van der Waals surface area contributed by atoms with Crippen molar-refractivity contribution in [2.45, 2.75) is 37.8 Å². The number of methoxy groups -OCH3 is 1. The highest BCUT2D eigenvalue weighted by molar-refractivity contribution is 5.78. The van der Waals surface area contributed by atoms with E-state index < -0.39 is 11.6 Å². The highest BCUT2D eigenvalue weighted by Crippen LogP contribution is 2.49. The van der Waals surface area contributed by atoms with Gasteiger partial charge in [0.05, 0.1) is 20.3 Å². The van der Waals surface area contributed by atoms with Gasteiger partial charge in [-0.1, -0.05) is 18.6 Å². The molecule has 0 bridgehead atoms. The molecule has 1 unspecified atom stereocenters. The summed E-state index contributed by atoms with van der Waals surface area (Å²) < 4.78 is 29.6. The predicted octanol–water partition coefficient (Wildman–Crippen LogP) is 5.03. The van der Waals surface area contributed by atoms with E-state index in [-0.39, 0.29) is 0 Å². The first-order valence-corrected chi connectivity index (χ1v) is 13.5. The Morgan fingerprint density at radius 1 is 0.842 bits per heavy atom. The molecule has 38 heavy (non-hydrogen) atoms. The van der Waals surface area contributed by atoms with Gasteiger partial charge in [0.1, 0.15) is 23.9 Å². The van der Waals surface area contributed by atoms with E-state index in [2.05, 4.69) is 4.90 Å². The summed E-state index contributed by atoms with van der Waals surface area (Å²) in [6.45, 7) is 6.81. The van der Waals surface area contributed by atoms with Crippen molar-refractivity contribution in [2.75, 3.05) is 46.6 Å². The van der Waals surface area contributed by atoms with Crippen molar-refractivity contribution in [2.24, 2.45) is 0 Å². The van der Waals surface area contributed by atoms with E-state index in [4.69, 9.17) is 23.7 Å². The van der Waals surface area contributed by atoms with Crippen molar-refractivity contribution in [1.29, 1.82) is 0 Å². The molecule has 3 aromatic rings. The van der Waals surface area contributed by atoms with Crippen molar-refractivity contribution < 1.29 is 28.8 Å². The molecule has 6 rings (SSSR count). The maximum Gasteiger partial charge on any atom is 0.262 e. The number of hydrogen-bond acceptors (Lipinski definition) is 7. The molecule has 0 amide bonds. The number of benzene rings is 3. The van der Waals surface area contributed by atoms with Crippen LogP contribution >= 0.6 is 0 Å². The normalized spacial score (nSPS) is 22.3.